The molecule has 18 heavy (non-hydrogen) atoms. The van der Waals surface area contributed by atoms with Crippen LogP contribution in [-0.4, -0.2) is 34.9 Å². The second kappa shape index (κ2) is 7.04. The molecule has 0 saturated heterocycles. The molecule has 5 heteroatoms. The molecule has 0 amide bonds. The van der Waals surface area contributed by atoms with Crippen LogP contribution >= 0.6 is 11.8 Å². The van der Waals surface area contributed by atoms with E-state index in [1.807, 2.05) is 23.5 Å². The number of ether oxygens (including phenoxy) is 1. The molecule has 0 aliphatic heterocycles. The molecule has 1 unspecified atom stereocenters. The molecule has 1 heterocycles. The van der Waals surface area contributed by atoms with E-state index < -0.39 is 0 Å². The quantitative estimate of drug-likeness (QED) is 0.827. The molecule has 1 atom stereocenters. The van der Waals surface area contributed by atoms with Crippen LogP contribution in [0.5, 0.6) is 5.75 Å². The first-order chi connectivity index (χ1) is 8.51. The third-order valence-corrected chi connectivity index (χ3v) is 3.97. The summed E-state index contributed by atoms with van der Waals surface area (Å²) in [6, 6.07) is 0.598. The zero-order valence-electron chi connectivity index (χ0n) is 12.2. The topological polar surface area (TPSA) is 39.1 Å². The fourth-order valence-electron chi connectivity index (χ4n) is 1.84. The largest absolute Gasteiger partial charge is 0.493 e. The maximum absolute atomic E-state index is 5.43. The summed E-state index contributed by atoms with van der Waals surface area (Å²) in [5.41, 5.74) is 1.14. The minimum atomic E-state index is 0.261. The van der Waals surface area contributed by atoms with Gasteiger partial charge in [0.05, 0.1) is 25.0 Å². The van der Waals surface area contributed by atoms with Crippen molar-refractivity contribution in [2.75, 3.05) is 19.9 Å². The predicted molar refractivity (Wildman–Crippen MR) is 78.6 cm³/mol. The highest BCUT2D eigenvalue weighted by atomic mass is 32.2. The molecule has 0 aromatic carbocycles. The van der Waals surface area contributed by atoms with E-state index in [0.29, 0.717) is 11.3 Å². The van der Waals surface area contributed by atoms with Gasteiger partial charge in [0.15, 0.2) is 5.75 Å². The van der Waals surface area contributed by atoms with Gasteiger partial charge >= 0.3 is 0 Å². The lowest BCUT2D eigenvalue weighted by Gasteiger charge is -2.21. The van der Waals surface area contributed by atoms with Gasteiger partial charge in [-0.15, -0.1) is 0 Å². The second-order valence-corrected chi connectivity index (χ2v) is 6.47. The highest BCUT2D eigenvalue weighted by Crippen LogP contribution is 2.30. The highest BCUT2D eigenvalue weighted by Gasteiger charge is 2.22. The van der Waals surface area contributed by atoms with Gasteiger partial charge in [0.1, 0.15) is 0 Å². The van der Waals surface area contributed by atoms with Crippen molar-refractivity contribution < 1.29 is 4.74 Å². The van der Waals surface area contributed by atoms with E-state index in [2.05, 4.69) is 38.1 Å². The van der Waals surface area contributed by atoms with Crippen LogP contribution in [0.2, 0.25) is 0 Å². The van der Waals surface area contributed by atoms with Gasteiger partial charge in [0.2, 0.25) is 0 Å². The summed E-state index contributed by atoms with van der Waals surface area (Å²) < 4.78 is 7.48. The first kappa shape index (κ1) is 15.4. The molecule has 0 fully saturated rings. The summed E-state index contributed by atoms with van der Waals surface area (Å²) in [7, 11) is 3.69. The van der Waals surface area contributed by atoms with Crippen molar-refractivity contribution in [2.24, 2.45) is 0 Å². The Bertz CT molecular complexity index is 363. The van der Waals surface area contributed by atoms with E-state index in [0.717, 1.165) is 17.2 Å². The average Bonchev–Trinajstić information content (AvgIpc) is 2.73. The van der Waals surface area contributed by atoms with Crippen molar-refractivity contribution in [2.45, 2.75) is 45.0 Å². The Labute approximate surface area is 114 Å². The molecule has 1 N–H and O–H groups in total. The van der Waals surface area contributed by atoms with E-state index >= 15 is 0 Å². The van der Waals surface area contributed by atoms with Crippen LogP contribution < -0.4 is 10.1 Å². The molecular formula is C13H25N3OS. The van der Waals surface area contributed by atoms with Crippen molar-refractivity contribution >= 4 is 11.8 Å². The lowest BCUT2D eigenvalue weighted by molar-refractivity contribution is 0.394. The molecule has 0 saturated carbocycles. The maximum Gasteiger partial charge on any atom is 0.161 e. The van der Waals surface area contributed by atoms with Gasteiger partial charge in [-0.2, -0.15) is 16.9 Å². The lowest BCUT2D eigenvalue weighted by Crippen LogP contribution is -2.24. The van der Waals surface area contributed by atoms with Crippen LogP contribution in [0.25, 0.3) is 0 Å². The first-order valence-electron chi connectivity index (χ1n) is 6.41. The van der Waals surface area contributed by atoms with Crippen LogP contribution in [0.3, 0.4) is 0 Å². The van der Waals surface area contributed by atoms with Crippen LogP contribution in [0.4, 0.5) is 0 Å². The Hall–Kier alpha value is -0.680. The number of hydrogen-bond acceptors (Lipinski definition) is 4. The Morgan fingerprint density at radius 1 is 1.39 bits per heavy atom. The van der Waals surface area contributed by atoms with E-state index in [-0.39, 0.29) is 6.04 Å². The Kier molecular flexibility index (Phi) is 6.02. The van der Waals surface area contributed by atoms with Gasteiger partial charge in [0, 0.05) is 11.8 Å². The number of nitrogens with one attached hydrogen (secondary N) is 1. The normalized spacial score (nSPS) is 13.3. The zero-order valence-corrected chi connectivity index (χ0v) is 13.0. The summed E-state index contributed by atoms with van der Waals surface area (Å²) in [6.45, 7) is 8.71. The third-order valence-electron chi connectivity index (χ3n) is 2.78. The van der Waals surface area contributed by atoms with E-state index in [1.54, 1.807) is 13.3 Å². The lowest BCUT2D eigenvalue weighted by atomic mass is 10.2. The average molecular weight is 271 g/mol. The van der Waals surface area contributed by atoms with Gasteiger partial charge in [-0.05, 0) is 26.1 Å². The molecule has 4 nitrogen and oxygen atoms in total. The molecule has 0 spiro atoms. The molecule has 104 valence electrons. The Balaban J connectivity index is 2.98. The van der Waals surface area contributed by atoms with Gasteiger partial charge in [-0.3, -0.25) is 4.68 Å². The molecule has 1 aromatic heterocycles. The summed E-state index contributed by atoms with van der Waals surface area (Å²) in [5, 5.41) is 8.42. The minimum Gasteiger partial charge on any atom is -0.493 e. The van der Waals surface area contributed by atoms with Crippen molar-refractivity contribution in [1.29, 1.82) is 0 Å². The summed E-state index contributed by atoms with van der Waals surface area (Å²) in [6.07, 6.45) is 1.81. The summed E-state index contributed by atoms with van der Waals surface area (Å²) in [4.78, 5) is 0. The fraction of sp³-hybridized carbons (Fsp3) is 0.769. The number of hydrogen-bond donors (Lipinski definition) is 1. The van der Waals surface area contributed by atoms with Gasteiger partial charge in [0.25, 0.3) is 0 Å². The Morgan fingerprint density at radius 2 is 2.06 bits per heavy atom. The number of methoxy groups -OCH3 is 1. The molecule has 0 aliphatic carbocycles. The summed E-state index contributed by atoms with van der Waals surface area (Å²) in [5.74, 6) is 1.88. The van der Waals surface area contributed by atoms with Crippen molar-refractivity contribution in [3.05, 3.63) is 11.9 Å². The van der Waals surface area contributed by atoms with Crippen molar-refractivity contribution in [1.82, 2.24) is 15.1 Å². The maximum atomic E-state index is 5.43. The predicted octanol–water partition coefficient (Wildman–Crippen LogP) is 2.87. The van der Waals surface area contributed by atoms with E-state index in [1.165, 1.54) is 0 Å². The van der Waals surface area contributed by atoms with E-state index in [4.69, 9.17) is 4.74 Å². The number of aromatic nitrogens is 2. The minimum absolute atomic E-state index is 0.261. The standard InChI is InChI=1S/C13H25N3OS/c1-9(2)16-13(12(17-6)7-15-16)11(14-5)8-18-10(3)4/h7,9-11,14H,8H2,1-6H3. The van der Waals surface area contributed by atoms with Crippen molar-refractivity contribution in [3.63, 3.8) is 0 Å². The third kappa shape index (κ3) is 3.65. The fourth-order valence-corrected chi connectivity index (χ4v) is 2.75. The second-order valence-electron chi connectivity index (χ2n) is 4.86. The summed E-state index contributed by atoms with van der Waals surface area (Å²) >= 11 is 1.94. The number of rotatable bonds is 7. The van der Waals surface area contributed by atoms with Gasteiger partial charge < -0.3 is 10.1 Å². The molecular weight excluding hydrogens is 246 g/mol. The molecule has 0 aliphatic rings. The molecule has 0 radical (unpaired) electrons. The van der Waals surface area contributed by atoms with Crippen molar-refractivity contribution in [3.8, 4) is 5.75 Å². The van der Waals surface area contributed by atoms with Crippen LogP contribution in [-0.2, 0) is 0 Å². The van der Waals surface area contributed by atoms with Crippen LogP contribution in [0.15, 0.2) is 6.20 Å². The smallest absolute Gasteiger partial charge is 0.161 e. The van der Waals surface area contributed by atoms with E-state index in [9.17, 15) is 0 Å². The molecule has 1 aromatic rings. The van der Waals surface area contributed by atoms with Gasteiger partial charge in [-0.1, -0.05) is 13.8 Å². The number of nitrogens with zero attached hydrogens (tertiary/aromatic N) is 2. The van der Waals surface area contributed by atoms with Crippen LogP contribution in [0.1, 0.15) is 45.5 Å². The zero-order chi connectivity index (χ0) is 13.7. The SMILES string of the molecule is CNC(CSC(C)C)c1c(OC)cnn1C(C)C. The monoisotopic (exact) mass is 271 g/mol. The van der Waals surface area contributed by atoms with Gasteiger partial charge in [-0.25, -0.2) is 0 Å². The Morgan fingerprint density at radius 3 is 2.50 bits per heavy atom. The first-order valence-corrected chi connectivity index (χ1v) is 7.46. The highest BCUT2D eigenvalue weighted by molar-refractivity contribution is 7.99. The number of thioether (sulfide) groups is 1. The molecule has 0 bridgehead atoms. The van der Waals surface area contributed by atoms with Crippen LogP contribution in [0, 0.1) is 0 Å². The molecule has 1 rings (SSSR count).